The number of hydrogen-bond acceptors (Lipinski definition) is 4. The molecule has 0 spiro atoms. The minimum atomic E-state index is -0.655. The van der Waals surface area contributed by atoms with Crippen molar-refractivity contribution in [3.63, 3.8) is 0 Å². The summed E-state index contributed by atoms with van der Waals surface area (Å²) in [4.78, 5) is 26.7. The molecule has 6 heteroatoms. The number of amides is 2. The fourth-order valence-electron chi connectivity index (χ4n) is 3.20. The van der Waals surface area contributed by atoms with Crippen LogP contribution < -0.4 is 10.6 Å². The summed E-state index contributed by atoms with van der Waals surface area (Å²) in [7, 11) is 0. The molecular weight excluding hydrogens is 342 g/mol. The molecule has 0 aliphatic carbocycles. The van der Waals surface area contributed by atoms with E-state index < -0.39 is 17.7 Å². The minimum Gasteiger partial charge on any atom is -0.444 e. The Labute approximate surface area is 162 Å². The van der Waals surface area contributed by atoms with Crippen molar-refractivity contribution in [1.82, 2.24) is 15.5 Å². The van der Waals surface area contributed by atoms with Gasteiger partial charge in [0.05, 0.1) is 6.04 Å². The molecule has 6 nitrogen and oxygen atoms in total. The van der Waals surface area contributed by atoms with Crippen LogP contribution in [0.15, 0.2) is 24.3 Å². The zero-order valence-electron chi connectivity index (χ0n) is 17.2. The summed E-state index contributed by atoms with van der Waals surface area (Å²) in [5.74, 6) is -0.211. The molecule has 2 atom stereocenters. The van der Waals surface area contributed by atoms with E-state index in [9.17, 15) is 9.59 Å². The van der Waals surface area contributed by atoms with Crippen molar-refractivity contribution in [2.45, 2.75) is 65.1 Å². The van der Waals surface area contributed by atoms with Gasteiger partial charge in [0.25, 0.3) is 0 Å². The third kappa shape index (κ3) is 6.86. The average Bonchev–Trinajstić information content (AvgIpc) is 3.08. The number of alkyl carbamates (subject to hydrolysis) is 1. The van der Waals surface area contributed by atoms with Crippen molar-refractivity contribution in [1.29, 1.82) is 0 Å². The lowest BCUT2D eigenvalue weighted by Gasteiger charge is -2.29. The number of rotatable bonds is 6. The van der Waals surface area contributed by atoms with Crippen LogP contribution in [0.25, 0.3) is 0 Å². The van der Waals surface area contributed by atoms with E-state index in [0.717, 1.165) is 13.1 Å². The number of hydrogen-bond donors (Lipinski definition) is 2. The predicted molar refractivity (Wildman–Crippen MR) is 107 cm³/mol. The summed E-state index contributed by atoms with van der Waals surface area (Å²) in [6.45, 7) is 11.7. The van der Waals surface area contributed by atoms with Crippen LogP contribution in [0.4, 0.5) is 4.79 Å². The van der Waals surface area contributed by atoms with Gasteiger partial charge in [-0.15, -0.1) is 0 Å². The smallest absolute Gasteiger partial charge is 0.408 e. The summed E-state index contributed by atoms with van der Waals surface area (Å²) >= 11 is 0. The maximum atomic E-state index is 12.4. The Hall–Kier alpha value is -2.08. The lowest BCUT2D eigenvalue weighted by Crippen LogP contribution is -2.48. The molecule has 0 saturated carbocycles. The van der Waals surface area contributed by atoms with E-state index in [1.807, 2.05) is 0 Å². The fraction of sp³-hybridized carbons (Fsp3) is 0.619. The summed E-state index contributed by atoms with van der Waals surface area (Å²) in [6, 6.07) is 7.96. The van der Waals surface area contributed by atoms with Crippen LogP contribution in [0.1, 0.15) is 57.7 Å². The maximum absolute atomic E-state index is 12.4. The maximum Gasteiger partial charge on any atom is 0.408 e. The van der Waals surface area contributed by atoms with E-state index in [0.29, 0.717) is 6.54 Å². The van der Waals surface area contributed by atoms with Crippen LogP contribution in [0, 0.1) is 6.92 Å². The van der Waals surface area contributed by atoms with Crippen LogP contribution >= 0.6 is 0 Å². The number of aryl methyl sites for hydroxylation is 1. The zero-order valence-corrected chi connectivity index (χ0v) is 17.2. The van der Waals surface area contributed by atoms with E-state index in [-0.39, 0.29) is 11.9 Å². The van der Waals surface area contributed by atoms with E-state index in [1.54, 1.807) is 27.7 Å². The summed E-state index contributed by atoms with van der Waals surface area (Å²) in [5.41, 5.74) is 1.83. The number of nitrogens with one attached hydrogen (secondary N) is 2. The molecule has 0 aromatic heterocycles. The first-order chi connectivity index (χ1) is 12.7. The first-order valence-corrected chi connectivity index (χ1v) is 9.73. The number of carbonyl (C=O) groups excluding carboxylic acids is 2. The van der Waals surface area contributed by atoms with Crippen molar-refractivity contribution in [3.8, 4) is 0 Å². The Kier molecular flexibility index (Phi) is 7.25. The fourth-order valence-corrected chi connectivity index (χ4v) is 3.20. The van der Waals surface area contributed by atoms with Gasteiger partial charge in [-0.2, -0.15) is 0 Å². The Morgan fingerprint density at radius 3 is 2.30 bits per heavy atom. The Balaban J connectivity index is 1.94. The van der Waals surface area contributed by atoms with Gasteiger partial charge in [-0.05, 0) is 66.1 Å². The molecule has 1 aliphatic rings. The van der Waals surface area contributed by atoms with Gasteiger partial charge >= 0.3 is 6.09 Å². The van der Waals surface area contributed by atoms with Crippen LogP contribution in [0.2, 0.25) is 0 Å². The lowest BCUT2D eigenvalue weighted by atomic mass is 10.0. The van der Waals surface area contributed by atoms with Crippen LogP contribution in [-0.2, 0) is 9.53 Å². The van der Waals surface area contributed by atoms with E-state index in [4.69, 9.17) is 4.74 Å². The zero-order chi connectivity index (χ0) is 20.0. The largest absolute Gasteiger partial charge is 0.444 e. The van der Waals surface area contributed by atoms with Gasteiger partial charge in [0.15, 0.2) is 0 Å². The highest BCUT2D eigenvalue weighted by molar-refractivity contribution is 5.85. The average molecular weight is 376 g/mol. The number of likely N-dealkylation sites (tertiary alicyclic amines) is 1. The number of nitrogens with zero attached hydrogens (tertiary/aromatic N) is 1. The first kappa shape index (κ1) is 21.2. The molecular formula is C21H33N3O3. The second-order valence-electron chi connectivity index (χ2n) is 8.28. The highest BCUT2D eigenvalue weighted by Gasteiger charge is 2.26. The van der Waals surface area contributed by atoms with E-state index >= 15 is 0 Å². The monoisotopic (exact) mass is 375 g/mol. The molecule has 2 amide bonds. The van der Waals surface area contributed by atoms with Crippen molar-refractivity contribution < 1.29 is 14.3 Å². The van der Waals surface area contributed by atoms with Crippen molar-refractivity contribution in [2.75, 3.05) is 19.6 Å². The molecule has 1 aromatic carbocycles. The number of benzene rings is 1. The van der Waals surface area contributed by atoms with E-state index in [1.165, 1.54) is 24.0 Å². The minimum absolute atomic E-state index is 0.144. The van der Waals surface area contributed by atoms with Crippen molar-refractivity contribution in [2.24, 2.45) is 0 Å². The summed E-state index contributed by atoms with van der Waals surface area (Å²) in [6.07, 6.45) is 1.79. The normalized spacial score (nSPS) is 17.2. The van der Waals surface area contributed by atoms with Gasteiger partial charge in [0.1, 0.15) is 11.6 Å². The molecule has 1 unspecified atom stereocenters. The van der Waals surface area contributed by atoms with Crippen LogP contribution in [0.3, 0.4) is 0 Å². The second kappa shape index (κ2) is 9.22. The highest BCUT2D eigenvalue weighted by atomic mass is 16.6. The summed E-state index contributed by atoms with van der Waals surface area (Å²) < 4.78 is 5.21. The predicted octanol–water partition coefficient (Wildman–Crippen LogP) is 3.16. The first-order valence-electron chi connectivity index (χ1n) is 9.73. The molecule has 2 N–H and O–H groups in total. The highest BCUT2D eigenvalue weighted by Crippen LogP contribution is 2.25. The molecule has 1 saturated heterocycles. The molecule has 150 valence electrons. The van der Waals surface area contributed by atoms with Crippen molar-refractivity contribution in [3.05, 3.63) is 35.4 Å². The summed E-state index contributed by atoms with van der Waals surface area (Å²) in [5, 5.41) is 5.58. The number of ether oxygens (including phenoxy) is 1. The topological polar surface area (TPSA) is 70.7 Å². The third-order valence-electron chi connectivity index (χ3n) is 4.64. The Bertz CT molecular complexity index is 631. The van der Waals surface area contributed by atoms with Gasteiger partial charge in [-0.3, -0.25) is 9.69 Å². The van der Waals surface area contributed by atoms with E-state index in [2.05, 4.69) is 46.7 Å². The molecule has 1 aliphatic heterocycles. The van der Waals surface area contributed by atoms with Crippen LogP contribution in [0.5, 0.6) is 0 Å². The Morgan fingerprint density at radius 2 is 1.74 bits per heavy atom. The van der Waals surface area contributed by atoms with Gasteiger partial charge in [0.2, 0.25) is 5.91 Å². The molecule has 1 heterocycles. The van der Waals surface area contributed by atoms with Gasteiger partial charge in [-0.1, -0.05) is 29.8 Å². The Morgan fingerprint density at radius 1 is 1.15 bits per heavy atom. The lowest BCUT2D eigenvalue weighted by molar-refractivity contribution is -0.123. The third-order valence-corrected chi connectivity index (χ3v) is 4.64. The molecule has 1 fully saturated rings. The van der Waals surface area contributed by atoms with Gasteiger partial charge in [-0.25, -0.2) is 4.79 Å². The molecule has 0 radical (unpaired) electrons. The molecule has 27 heavy (non-hydrogen) atoms. The van der Waals surface area contributed by atoms with Gasteiger partial charge in [0, 0.05) is 6.54 Å². The van der Waals surface area contributed by atoms with Gasteiger partial charge < -0.3 is 15.4 Å². The molecule has 1 aromatic rings. The van der Waals surface area contributed by atoms with Crippen molar-refractivity contribution >= 4 is 12.0 Å². The second-order valence-corrected chi connectivity index (χ2v) is 8.28. The SMILES string of the molecule is Cc1ccc(C(CNC(=O)[C@@H](C)NC(=O)OC(C)(C)C)N2CCCC2)cc1. The quantitative estimate of drug-likeness (QED) is 0.801. The standard InChI is InChI=1S/C21H33N3O3/c1-15-8-10-17(11-9-15)18(24-12-6-7-13-24)14-22-19(25)16(2)23-20(26)27-21(3,4)5/h8-11,16,18H,6-7,12-14H2,1-5H3,(H,22,25)(H,23,26)/t16-,18?/m1/s1. The molecule has 0 bridgehead atoms. The number of carbonyl (C=O) groups is 2. The molecule has 2 rings (SSSR count). The van der Waals surface area contributed by atoms with Crippen LogP contribution in [-0.4, -0.2) is 48.2 Å².